The summed E-state index contributed by atoms with van der Waals surface area (Å²) in [5.41, 5.74) is 0.0391. The molecule has 2 unspecified atom stereocenters. The summed E-state index contributed by atoms with van der Waals surface area (Å²) >= 11 is 1.55. The van der Waals surface area contributed by atoms with Crippen LogP contribution in [0.2, 0.25) is 0 Å². The van der Waals surface area contributed by atoms with Crippen molar-refractivity contribution in [2.75, 3.05) is 0 Å². The number of aromatic nitrogens is 1. The molecule has 1 saturated heterocycles. The molecular weight excluding hydrogens is 466 g/mol. The second-order valence-electron chi connectivity index (χ2n) is 10.9. The van der Waals surface area contributed by atoms with Crippen LogP contribution >= 0.6 is 11.3 Å². The van der Waals surface area contributed by atoms with Gasteiger partial charge in [0.2, 0.25) is 0 Å². The summed E-state index contributed by atoms with van der Waals surface area (Å²) in [6, 6.07) is 0. The van der Waals surface area contributed by atoms with Gasteiger partial charge < -0.3 is 19.7 Å². The molecule has 1 aromatic heterocycles. The van der Waals surface area contributed by atoms with E-state index < -0.39 is 35.6 Å². The van der Waals surface area contributed by atoms with Crippen molar-refractivity contribution in [2.45, 2.75) is 97.7 Å². The average molecular weight is 506 g/mol. The zero-order chi connectivity index (χ0) is 26.1. The third-order valence-corrected chi connectivity index (χ3v) is 8.30. The molecule has 0 saturated carbocycles. The lowest BCUT2D eigenvalue weighted by molar-refractivity contribution is -0.154. The maximum absolute atomic E-state index is 13.2. The molecule has 3 heterocycles. The number of cyclic esters (lactones) is 1. The lowest BCUT2D eigenvalue weighted by Gasteiger charge is -2.34. The molecule has 3 rings (SSSR count). The SMILES string of the molecule is C/C(=C\c1csc(C)n1)C1C[C@@H]2O[C@]2(C)C/C=C/[C@H](C)[C@H](O)C(C)C(=O)C(C)(C)[C@@H](O)CC(=O)O1. The highest BCUT2D eigenvalue weighted by Gasteiger charge is 2.52. The molecule has 2 N–H and O–H groups in total. The van der Waals surface area contributed by atoms with Gasteiger partial charge in [-0.25, -0.2) is 4.98 Å². The van der Waals surface area contributed by atoms with Crippen LogP contribution in [0.1, 0.15) is 71.5 Å². The molecule has 194 valence electrons. The Bertz CT molecular complexity index is 998. The van der Waals surface area contributed by atoms with Gasteiger partial charge in [0.25, 0.3) is 0 Å². The van der Waals surface area contributed by atoms with Gasteiger partial charge in [-0.1, -0.05) is 39.8 Å². The largest absolute Gasteiger partial charge is 0.458 e. The van der Waals surface area contributed by atoms with Crippen LogP contribution in [0.4, 0.5) is 0 Å². The van der Waals surface area contributed by atoms with Crippen LogP contribution in [0.15, 0.2) is 23.1 Å². The minimum Gasteiger partial charge on any atom is -0.458 e. The number of hydrogen-bond acceptors (Lipinski definition) is 8. The van der Waals surface area contributed by atoms with Crippen LogP contribution in [0.3, 0.4) is 0 Å². The molecule has 0 aliphatic carbocycles. The van der Waals surface area contributed by atoms with Crippen LogP contribution in [-0.4, -0.2) is 57.0 Å². The Labute approximate surface area is 212 Å². The summed E-state index contributed by atoms with van der Waals surface area (Å²) in [5.74, 6) is -1.83. The van der Waals surface area contributed by atoms with Gasteiger partial charge in [-0.05, 0) is 38.8 Å². The van der Waals surface area contributed by atoms with Crippen LogP contribution in [0, 0.1) is 24.2 Å². The third kappa shape index (κ3) is 6.47. The van der Waals surface area contributed by atoms with E-state index in [0.29, 0.717) is 12.8 Å². The molecule has 1 aromatic rings. The van der Waals surface area contributed by atoms with Gasteiger partial charge in [0.15, 0.2) is 0 Å². The maximum atomic E-state index is 13.2. The zero-order valence-corrected chi connectivity index (χ0v) is 22.6. The van der Waals surface area contributed by atoms with Crippen molar-refractivity contribution in [3.05, 3.63) is 33.8 Å². The summed E-state index contributed by atoms with van der Waals surface area (Å²) in [7, 11) is 0. The number of carbonyl (C=O) groups excluding carboxylic acids is 2. The number of nitrogens with zero attached hydrogens (tertiary/aromatic N) is 1. The Balaban J connectivity index is 1.89. The first-order valence-corrected chi connectivity index (χ1v) is 13.2. The molecule has 7 nitrogen and oxygen atoms in total. The fraction of sp³-hybridized carbons (Fsp3) is 0.667. The fourth-order valence-corrected chi connectivity index (χ4v) is 5.24. The predicted octanol–water partition coefficient (Wildman–Crippen LogP) is 4.25. The van der Waals surface area contributed by atoms with E-state index in [1.165, 1.54) is 0 Å². The monoisotopic (exact) mass is 505 g/mol. The summed E-state index contributed by atoms with van der Waals surface area (Å²) in [5, 5.41) is 24.5. The summed E-state index contributed by atoms with van der Waals surface area (Å²) in [6.45, 7) is 12.6. The van der Waals surface area contributed by atoms with E-state index >= 15 is 0 Å². The molecule has 7 atom stereocenters. The second-order valence-corrected chi connectivity index (χ2v) is 12.0. The van der Waals surface area contributed by atoms with E-state index in [2.05, 4.69) is 4.98 Å². The molecule has 0 amide bonds. The number of thiazole rings is 1. The highest BCUT2D eigenvalue weighted by Crippen LogP contribution is 2.44. The van der Waals surface area contributed by atoms with E-state index in [9.17, 15) is 19.8 Å². The van der Waals surface area contributed by atoms with Crippen molar-refractivity contribution in [1.82, 2.24) is 4.98 Å². The molecule has 0 bridgehead atoms. The standard InChI is InChI=1S/C27H39NO6S/c1-15-9-8-10-27(7)22(34-27)12-20(16(2)11-19-14-35-18(4)28-19)33-23(30)13-21(29)26(5,6)25(32)17(3)24(15)31/h8-9,11,14-15,17,20-22,24,29,31H,10,12-13H2,1-7H3/b9-8+,16-11+/t15-,17?,20?,21-,22-,24-,27+/m0/s1. The first kappa shape index (κ1) is 27.7. The van der Waals surface area contributed by atoms with Crippen LogP contribution in [0.5, 0.6) is 0 Å². The van der Waals surface area contributed by atoms with E-state index in [0.717, 1.165) is 16.3 Å². The maximum Gasteiger partial charge on any atom is 0.309 e. The highest BCUT2D eigenvalue weighted by molar-refractivity contribution is 7.09. The van der Waals surface area contributed by atoms with Crippen LogP contribution in [-0.2, 0) is 19.1 Å². The highest BCUT2D eigenvalue weighted by atomic mass is 32.1. The van der Waals surface area contributed by atoms with Gasteiger partial charge in [0, 0.05) is 23.6 Å². The Hall–Kier alpha value is -1.87. The third-order valence-electron chi connectivity index (χ3n) is 7.51. The Morgan fingerprint density at radius 2 is 1.91 bits per heavy atom. The van der Waals surface area contributed by atoms with Gasteiger partial charge in [-0.3, -0.25) is 9.59 Å². The molecule has 0 aromatic carbocycles. The first-order valence-electron chi connectivity index (χ1n) is 12.3. The number of epoxide rings is 1. The number of aryl methyl sites for hydroxylation is 1. The number of aliphatic hydroxyl groups is 2. The van der Waals surface area contributed by atoms with Crippen molar-refractivity contribution in [3.8, 4) is 0 Å². The molecule has 8 heteroatoms. The molecule has 0 radical (unpaired) electrons. The molecule has 0 spiro atoms. The van der Waals surface area contributed by atoms with Gasteiger partial charge in [0.05, 0.1) is 46.5 Å². The van der Waals surface area contributed by atoms with Gasteiger partial charge in [-0.2, -0.15) is 0 Å². The Kier molecular flexibility index (Phi) is 8.41. The normalized spacial score (nSPS) is 37.9. The van der Waals surface area contributed by atoms with Crippen molar-refractivity contribution in [3.63, 3.8) is 0 Å². The number of aliphatic hydroxyl groups excluding tert-OH is 2. The predicted molar refractivity (Wildman–Crippen MR) is 136 cm³/mol. The summed E-state index contributed by atoms with van der Waals surface area (Å²) in [6.07, 6.45) is 3.84. The molecule has 35 heavy (non-hydrogen) atoms. The summed E-state index contributed by atoms with van der Waals surface area (Å²) < 4.78 is 11.9. The van der Waals surface area contributed by atoms with Gasteiger partial charge >= 0.3 is 5.97 Å². The van der Waals surface area contributed by atoms with Crippen molar-refractivity contribution in [2.24, 2.45) is 17.3 Å². The number of fused-ring (bicyclic) bond motifs is 1. The zero-order valence-electron chi connectivity index (χ0n) is 21.8. The molecule has 2 aliphatic heterocycles. The minimum absolute atomic E-state index is 0.0968. The van der Waals surface area contributed by atoms with Gasteiger partial charge in [0.1, 0.15) is 11.9 Å². The topological polar surface area (TPSA) is 109 Å². The van der Waals surface area contributed by atoms with Crippen molar-refractivity contribution >= 4 is 29.2 Å². The molecule has 1 fully saturated rings. The number of rotatable bonds is 2. The fourth-order valence-electron chi connectivity index (χ4n) is 4.67. The van der Waals surface area contributed by atoms with E-state index in [1.54, 1.807) is 32.1 Å². The number of carbonyl (C=O) groups is 2. The average Bonchev–Trinajstić information content (AvgIpc) is 3.22. The number of Topliss-reactive ketones (excluding diaryl/α,β-unsaturated/α-hetero) is 1. The number of ketones is 1. The number of esters is 1. The Morgan fingerprint density at radius 3 is 2.54 bits per heavy atom. The van der Waals surface area contributed by atoms with Crippen LogP contribution in [0.25, 0.3) is 6.08 Å². The lowest BCUT2D eigenvalue weighted by Crippen LogP contribution is -2.45. The Morgan fingerprint density at radius 1 is 1.23 bits per heavy atom. The second kappa shape index (κ2) is 10.6. The number of hydrogen-bond donors (Lipinski definition) is 2. The van der Waals surface area contributed by atoms with E-state index in [-0.39, 0.29) is 29.8 Å². The van der Waals surface area contributed by atoms with Gasteiger partial charge in [-0.15, -0.1) is 11.3 Å². The van der Waals surface area contributed by atoms with E-state index in [4.69, 9.17) is 9.47 Å². The van der Waals surface area contributed by atoms with E-state index in [1.807, 2.05) is 51.3 Å². The molecular formula is C27H39NO6S. The van der Waals surface area contributed by atoms with Crippen molar-refractivity contribution < 1.29 is 29.3 Å². The van der Waals surface area contributed by atoms with Crippen molar-refractivity contribution in [1.29, 1.82) is 0 Å². The quantitative estimate of drug-likeness (QED) is 0.351. The summed E-state index contributed by atoms with van der Waals surface area (Å²) in [4.78, 5) is 30.6. The smallest absolute Gasteiger partial charge is 0.309 e. The first-order chi connectivity index (χ1) is 16.2. The lowest BCUT2D eigenvalue weighted by atomic mass is 9.73. The minimum atomic E-state index is -1.25. The van der Waals surface area contributed by atoms with Crippen LogP contribution < -0.4 is 0 Å². The molecule has 2 aliphatic rings. The number of ether oxygens (including phenoxy) is 2.